The average molecular weight is 537 g/mol. The summed E-state index contributed by atoms with van der Waals surface area (Å²) >= 11 is 0.797. The van der Waals surface area contributed by atoms with E-state index in [4.69, 9.17) is 4.74 Å². The molecule has 8 nitrogen and oxygen atoms in total. The Morgan fingerprint density at radius 3 is 2.39 bits per heavy atom. The van der Waals surface area contributed by atoms with E-state index in [1.807, 2.05) is 0 Å². The molecular formula is C21H17F6N3O5S. The molecule has 0 radical (unpaired) electrons. The predicted octanol–water partition coefficient (Wildman–Crippen LogP) is 3.03. The van der Waals surface area contributed by atoms with E-state index < -0.39 is 66.0 Å². The number of hydrogen-bond acceptors (Lipinski definition) is 8. The zero-order valence-electron chi connectivity index (χ0n) is 17.8. The maximum atomic E-state index is 13.6. The fourth-order valence-electron chi connectivity index (χ4n) is 3.61. The van der Waals surface area contributed by atoms with Crippen LogP contribution in [0.5, 0.6) is 5.75 Å². The van der Waals surface area contributed by atoms with Crippen molar-refractivity contribution in [3.8, 4) is 17.0 Å². The summed E-state index contributed by atoms with van der Waals surface area (Å²) < 4.78 is 88.5. The second-order valence-corrected chi connectivity index (χ2v) is 8.85. The molecule has 2 unspecified atom stereocenters. The van der Waals surface area contributed by atoms with Gasteiger partial charge in [-0.1, -0.05) is 23.0 Å². The minimum atomic E-state index is -4.91. The van der Waals surface area contributed by atoms with Gasteiger partial charge in [-0.3, -0.25) is 0 Å². The molecule has 1 fully saturated rings. The van der Waals surface area contributed by atoms with Crippen molar-refractivity contribution in [2.75, 3.05) is 6.61 Å². The van der Waals surface area contributed by atoms with E-state index in [0.29, 0.717) is 12.1 Å². The first-order chi connectivity index (χ1) is 17.0. The molecule has 0 saturated carbocycles. The van der Waals surface area contributed by atoms with Crippen molar-refractivity contribution in [1.82, 2.24) is 15.0 Å². The van der Waals surface area contributed by atoms with E-state index in [0.717, 1.165) is 34.8 Å². The van der Waals surface area contributed by atoms with Crippen LogP contribution in [0.25, 0.3) is 11.3 Å². The number of aromatic nitrogens is 3. The molecule has 194 valence electrons. The Bertz CT molecular complexity index is 1210. The number of ether oxygens (including phenoxy) is 2. The normalized spacial score (nSPS) is 24.6. The van der Waals surface area contributed by atoms with Gasteiger partial charge in [0.1, 0.15) is 41.2 Å². The average Bonchev–Trinajstić information content (AvgIpc) is 3.28. The van der Waals surface area contributed by atoms with Gasteiger partial charge in [0.25, 0.3) is 0 Å². The SMILES string of the molecule is OCC1O[C@H](Sc2cccc(OC(F)(F)F)c2)[C@@H](O)C(n2cc(-c3cc(F)c(F)c(F)c3)nn2)[C@H]1O. The van der Waals surface area contributed by atoms with Crippen LogP contribution in [0.4, 0.5) is 26.3 Å². The van der Waals surface area contributed by atoms with Gasteiger partial charge in [-0.2, -0.15) is 0 Å². The molecule has 3 N–H and O–H groups in total. The molecule has 15 heteroatoms. The lowest BCUT2D eigenvalue weighted by atomic mass is 9.97. The molecule has 2 aromatic carbocycles. The number of hydrogen-bond donors (Lipinski definition) is 3. The van der Waals surface area contributed by atoms with Gasteiger partial charge < -0.3 is 24.8 Å². The van der Waals surface area contributed by atoms with Crippen molar-refractivity contribution in [1.29, 1.82) is 0 Å². The summed E-state index contributed by atoms with van der Waals surface area (Å²) in [6.45, 7) is -0.686. The molecule has 4 rings (SSSR count). The third kappa shape index (κ3) is 5.59. The molecule has 1 aromatic heterocycles. The maximum absolute atomic E-state index is 13.6. The van der Waals surface area contributed by atoms with Gasteiger partial charge in [-0.25, -0.2) is 17.9 Å². The first-order valence-electron chi connectivity index (χ1n) is 10.2. The van der Waals surface area contributed by atoms with E-state index in [2.05, 4.69) is 15.0 Å². The molecule has 0 amide bonds. The van der Waals surface area contributed by atoms with Crippen molar-refractivity contribution < 1.29 is 51.1 Å². The number of rotatable bonds is 6. The van der Waals surface area contributed by atoms with Crippen molar-refractivity contribution in [2.24, 2.45) is 0 Å². The van der Waals surface area contributed by atoms with E-state index in [1.165, 1.54) is 12.1 Å². The van der Waals surface area contributed by atoms with Gasteiger partial charge in [0, 0.05) is 10.5 Å². The monoisotopic (exact) mass is 537 g/mol. The summed E-state index contributed by atoms with van der Waals surface area (Å²) in [4.78, 5) is 0.212. The minimum absolute atomic E-state index is 0.111. The molecule has 0 aliphatic carbocycles. The lowest BCUT2D eigenvalue weighted by Crippen LogP contribution is -2.55. The number of halogens is 6. The van der Waals surface area contributed by atoms with Crippen LogP contribution in [0, 0.1) is 17.5 Å². The van der Waals surface area contributed by atoms with Gasteiger partial charge in [0.2, 0.25) is 0 Å². The van der Waals surface area contributed by atoms with Gasteiger partial charge in [-0.05, 0) is 30.3 Å². The highest BCUT2D eigenvalue weighted by molar-refractivity contribution is 7.99. The number of aliphatic hydroxyl groups is 3. The number of nitrogens with zero attached hydrogens (tertiary/aromatic N) is 3. The van der Waals surface area contributed by atoms with Crippen molar-refractivity contribution >= 4 is 11.8 Å². The number of thioether (sulfide) groups is 1. The van der Waals surface area contributed by atoms with Crippen molar-refractivity contribution in [3.05, 3.63) is 60.0 Å². The van der Waals surface area contributed by atoms with Crippen LogP contribution in [0.1, 0.15) is 6.04 Å². The van der Waals surface area contributed by atoms with Gasteiger partial charge in [0.05, 0.1) is 12.8 Å². The van der Waals surface area contributed by atoms with Crippen LogP contribution in [-0.4, -0.2) is 67.0 Å². The van der Waals surface area contributed by atoms with Crippen LogP contribution in [-0.2, 0) is 4.74 Å². The summed E-state index contributed by atoms with van der Waals surface area (Å²) in [5.74, 6) is -5.09. The third-order valence-electron chi connectivity index (χ3n) is 5.24. The Morgan fingerprint density at radius 2 is 1.75 bits per heavy atom. The Kier molecular flexibility index (Phi) is 7.47. The van der Waals surface area contributed by atoms with Crippen LogP contribution < -0.4 is 4.74 Å². The fourth-order valence-corrected chi connectivity index (χ4v) is 4.72. The molecule has 5 atom stereocenters. The maximum Gasteiger partial charge on any atom is 0.573 e. The highest BCUT2D eigenvalue weighted by Crippen LogP contribution is 2.39. The highest BCUT2D eigenvalue weighted by Gasteiger charge is 2.46. The largest absolute Gasteiger partial charge is 0.573 e. The third-order valence-corrected chi connectivity index (χ3v) is 6.38. The molecule has 0 spiro atoms. The lowest BCUT2D eigenvalue weighted by Gasteiger charge is -2.41. The second-order valence-electron chi connectivity index (χ2n) is 7.68. The van der Waals surface area contributed by atoms with Crippen LogP contribution >= 0.6 is 11.8 Å². The molecule has 1 saturated heterocycles. The van der Waals surface area contributed by atoms with Gasteiger partial charge in [-0.15, -0.1) is 18.3 Å². The number of benzene rings is 2. The number of alkyl halides is 3. The quantitative estimate of drug-likeness (QED) is 0.325. The molecule has 1 aliphatic rings. The van der Waals surface area contributed by atoms with E-state index in [-0.39, 0.29) is 16.2 Å². The fraction of sp³-hybridized carbons (Fsp3) is 0.333. The van der Waals surface area contributed by atoms with E-state index in [1.54, 1.807) is 0 Å². The summed E-state index contributed by atoms with van der Waals surface area (Å²) in [5, 5.41) is 38.8. The van der Waals surface area contributed by atoms with Crippen LogP contribution in [0.15, 0.2) is 47.5 Å². The summed E-state index contributed by atoms with van der Waals surface area (Å²) in [7, 11) is 0. The molecule has 3 aromatic rings. The summed E-state index contributed by atoms with van der Waals surface area (Å²) in [6.07, 6.45) is -8.08. The van der Waals surface area contributed by atoms with Crippen LogP contribution in [0.3, 0.4) is 0 Å². The van der Waals surface area contributed by atoms with Crippen molar-refractivity contribution in [3.63, 3.8) is 0 Å². The molecule has 0 bridgehead atoms. The molecule has 1 aliphatic heterocycles. The zero-order valence-corrected chi connectivity index (χ0v) is 18.6. The first kappa shape index (κ1) is 26.2. The second kappa shape index (κ2) is 10.3. The lowest BCUT2D eigenvalue weighted by molar-refractivity contribution is -0.274. The van der Waals surface area contributed by atoms with Gasteiger partial charge in [0.15, 0.2) is 17.5 Å². The molecule has 2 heterocycles. The Labute approximate surface area is 203 Å². The Morgan fingerprint density at radius 1 is 1.06 bits per heavy atom. The molecule has 36 heavy (non-hydrogen) atoms. The molecular weight excluding hydrogens is 520 g/mol. The first-order valence-corrected chi connectivity index (χ1v) is 11.1. The van der Waals surface area contributed by atoms with E-state index >= 15 is 0 Å². The number of aliphatic hydroxyl groups excluding tert-OH is 3. The minimum Gasteiger partial charge on any atom is -0.406 e. The predicted molar refractivity (Wildman–Crippen MR) is 111 cm³/mol. The summed E-state index contributed by atoms with van der Waals surface area (Å²) in [6, 6.07) is 4.95. The smallest absolute Gasteiger partial charge is 0.406 e. The Hall–Kier alpha value is -2.85. The standard InChI is InChI=1S/C21H17F6N3O5S/c22-12-4-9(5-13(23)16(12)24)14-7-30(29-28-14)17-18(32)15(8-31)34-20(19(17)33)36-11-3-1-2-10(6-11)35-21(25,26)27/h1-7,15,17-20,31-33H,8H2/t15?,17?,18-,19-,20+/m0/s1. The summed E-state index contributed by atoms with van der Waals surface area (Å²) in [5.41, 5.74) is -1.48. The Balaban J connectivity index is 1.60. The zero-order chi connectivity index (χ0) is 26.2. The topological polar surface area (TPSA) is 110 Å². The van der Waals surface area contributed by atoms with Crippen molar-refractivity contribution in [2.45, 2.75) is 41.0 Å². The van der Waals surface area contributed by atoms with Crippen LogP contribution in [0.2, 0.25) is 0 Å². The van der Waals surface area contributed by atoms with E-state index in [9.17, 15) is 41.7 Å². The highest BCUT2D eigenvalue weighted by atomic mass is 32.2. The van der Waals surface area contributed by atoms with Gasteiger partial charge >= 0.3 is 6.36 Å².